The standard InChI is InChI=1S/C15H14F3NOS/c1-10-3-8-13(21-10)14(20)19(2)9-11-4-6-12(7-5-11)15(16,17)18/h3-8H,9H2,1-2H3. The van der Waals surface area contributed by atoms with Crippen molar-refractivity contribution in [3.63, 3.8) is 0 Å². The fourth-order valence-corrected chi connectivity index (χ4v) is 2.74. The zero-order valence-electron chi connectivity index (χ0n) is 11.6. The second-order valence-corrected chi connectivity index (χ2v) is 6.05. The summed E-state index contributed by atoms with van der Waals surface area (Å²) in [5.74, 6) is -0.131. The van der Waals surface area contributed by atoms with Crippen molar-refractivity contribution < 1.29 is 18.0 Å². The molecular formula is C15H14F3NOS. The second kappa shape index (κ2) is 5.89. The number of thiophene rings is 1. The Morgan fingerprint density at radius 3 is 2.24 bits per heavy atom. The SMILES string of the molecule is Cc1ccc(C(=O)N(C)Cc2ccc(C(F)(F)F)cc2)s1. The first kappa shape index (κ1) is 15.6. The zero-order valence-corrected chi connectivity index (χ0v) is 12.4. The maximum Gasteiger partial charge on any atom is 0.416 e. The fraction of sp³-hybridized carbons (Fsp3) is 0.267. The van der Waals surface area contributed by atoms with E-state index in [-0.39, 0.29) is 12.5 Å². The molecule has 0 radical (unpaired) electrons. The van der Waals surface area contributed by atoms with E-state index in [9.17, 15) is 18.0 Å². The molecule has 2 nitrogen and oxygen atoms in total. The number of carbonyl (C=O) groups excluding carboxylic acids is 1. The zero-order chi connectivity index (χ0) is 15.6. The Morgan fingerprint density at radius 1 is 1.14 bits per heavy atom. The van der Waals surface area contributed by atoms with Crippen LogP contribution in [0.1, 0.15) is 25.7 Å². The number of aryl methyl sites for hydroxylation is 1. The highest BCUT2D eigenvalue weighted by Gasteiger charge is 2.30. The first-order chi connectivity index (χ1) is 9.77. The molecule has 1 amide bonds. The third-order valence-corrected chi connectivity index (χ3v) is 3.99. The summed E-state index contributed by atoms with van der Waals surface area (Å²) in [6.45, 7) is 2.19. The van der Waals surface area contributed by atoms with Crippen molar-refractivity contribution >= 4 is 17.2 Å². The van der Waals surface area contributed by atoms with Gasteiger partial charge in [-0.25, -0.2) is 0 Å². The van der Waals surface area contributed by atoms with Crippen molar-refractivity contribution in [3.05, 3.63) is 57.3 Å². The van der Waals surface area contributed by atoms with Crippen molar-refractivity contribution in [2.75, 3.05) is 7.05 Å². The van der Waals surface area contributed by atoms with Crippen molar-refractivity contribution in [2.45, 2.75) is 19.6 Å². The van der Waals surface area contributed by atoms with Crippen LogP contribution in [0, 0.1) is 6.92 Å². The Bertz CT molecular complexity index is 631. The van der Waals surface area contributed by atoms with Gasteiger partial charge in [0, 0.05) is 18.5 Å². The van der Waals surface area contributed by atoms with Gasteiger partial charge in [-0.05, 0) is 36.8 Å². The first-order valence-electron chi connectivity index (χ1n) is 6.25. The minimum absolute atomic E-state index is 0.131. The Hall–Kier alpha value is -1.82. The number of hydrogen-bond acceptors (Lipinski definition) is 2. The molecule has 1 aromatic carbocycles. The van der Waals surface area contributed by atoms with Gasteiger partial charge in [0.05, 0.1) is 10.4 Å². The van der Waals surface area contributed by atoms with Gasteiger partial charge in [-0.15, -0.1) is 11.3 Å². The Labute approximate surface area is 124 Å². The van der Waals surface area contributed by atoms with Gasteiger partial charge in [0.15, 0.2) is 0 Å². The predicted octanol–water partition coefficient (Wildman–Crippen LogP) is 4.35. The van der Waals surface area contributed by atoms with E-state index in [0.29, 0.717) is 10.4 Å². The van der Waals surface area contributed by atoms with Gasteiger partial charge in [-0.2, -0.15) is 13.2 Å². The van der Waals surface area contributed by atoms with Gasteiger partial charge in [0.2, 0.25) is 0 Å². The number of alkyl halides is 3. The molecule has 112 valence electrons. The third-order valence-electron chi connectivity index (χ3n) is 3.00. The molecular weight excluding hydrogens is 299 g/mol. The summed E-state index contributed by atoms with van der Waals surface area (Å²) in [5.41, 5.74) is -0.0266. The molecule has 0 saturated heterocycles. The monoisotopic (exact) mass is 313 g/mol. The van der Waals surface area contributed by atoms with Crippen LogP contribution in [-0.2, 0) is 12.7 Å². The van der Waals surface area contributed by atoms with Crippen molar-refractivity contribution in [3.8, 4) is 0 Å². The quantitative estimate of drug-likeness (QED) is 0.825. The molecule has 0 saturated carbocycles. The number of carbonyl (C=O) groups is 1. The number of amides is 1. The van der Waals surface area contributed by atoms with Crippen LogP contribution in [0.4, 0.5) is 13.2 Å². The van der Waals surface area contributed by atoms with E-state index in [1.807, 2.05) is 13.0 Å². The van der Waals surface area contributed by atoms with Crippen LogP contribution >= 0.6 is 11.3 Å². The number of hydrogen-bond donors (Lipinski definition) is 0. The van der Waals surface area contributed by atoms with Crippen LogP contribution in [0.5, 0.6) is 0 Å². The summed E-state index contributed by atoms with van der Waals surface area (Å²) < 4.78 is 37.4. The minimum Gasteiger partial charge on any atom is -0.337 e. The largest absolute Gasteiger partial charge is 0.416 e. The molecule has 0 N–H and O–H groups in total. The maximum atomic E-state index is 12.5. The number of halogens is 3. The number of rotatable bonds is 3. The lowest BCUT2D eigenvalue weighted by Crippen LogP contribution is -2.25. The molecule has 0 spiro atoms. The van der Waals surface area contributed by atoms with Crippen LogP contribution < -0.4 is 0 Å². The molecule has 0 bridgehead atoms. The molecule has 21 heavy (non-hydrogen) atoms. The van der Waals surface area contributed by atoms with Crippen LogP contribution in [0.15, 0.2) is 36.4 Å². The molecule has 6 heteroatoms. The summed E-state index contributed by atoms with van der Waals surface area (Å²) in [6, 6.07) is 8.47. The lowest BCUT2D eigenvalue weighted by molar-refractivity contribution is -0.137. The summed E-state index contributed by atoms with van der Waals surface area (Å²) in [7, 11) is 1.63. The molecule has 0 aliphatic carbocycles. The molecule has 0 fully saturated rings. The van der Waals surface area contributed by atoms with E-state index < -0.39 is 11.7 Å². The van der Waals surface area contributed by atoms with E-state index in [0.717, 1.165) is 17.0 Å². The molecule has 2 aromatic rings. The minimum atomic E-state index is -4.34. The van der Waals surface area contributed by atoms with Crippen molar-refractivity contribution in [1.29, 1.82) is 0 Å². The van der Waals surface area contributed by atoms with Crippen LogP contribution in [0.2, 0.25) is 0 Å². The Balaban J connectivity index is 2.06. The lowest BCUT2D eigenvalue weighted by Gasteiger charge is -2.17. The van der Waals surface area contributed by atoms with Gasteiger partial charge in [0.1, 0.15) is 0 Å². The topological polar surface area (TPSA) is 20.3 Å². The average Bonchev–Trinajstić information content (AvgIpc) is 2.84. The van der Waals surface area contributed by atoms with Crippen LogP contribution in [-0.4, -0.2) is 17.9 Å². The highest BCUT2D eigenvalue weighted by molar-refractivity contribution is 7.13. The van der Waals surface area contributed by atoms with Gasteiger partial charge >= 0.3 is 6.18 Å². The summed E-state index contributed by atoms with van der Waals surface area (Å²) in [4.78, 5) is 15.3. The van der Waals surface area contributed by atoms with Crippen molar-refractivity contribution in [1.82, 2.24) is 4.90 Å². The van der Waals surface area contributed by atoms with E-state index >= 15 is 0 Å². The third kappa shape index (κ3) is 3.85. The predicted molar refractivity (Wildman–Crippen MR) is 76.3 cm³/mol. The molecule has 0 aliphatic heterocycles. The Kier molecular flexibility index (Phi) is 4.37. The van der Waals surface area contributed by atoms with Gasteiger partial charge in [0.25, 0.3) is 5.91 Å². The smallest absolute Gasteiger partial charge is 0.337 e. The summed E-state index contributed by atoms with van der Waals surface area (Å²) >= 11 is 1.40. The fourth-order valence-electron chi connectivity index (χ4n) is 1.88. The number of nitrogens with zero attached hydrogens (tertiary/aromatic N) is 1. The van der Waals surface area contributed by atoms with E-state index in [1.165, 1.54) is 28.4 Å². The molecule has 0 aliphatic rings. The van der Waals surface area contributed by atoms with E-state index in [2.05, 4.69) is 0 Å². The van der Waals surface area contributed by atoms with Crippen LogP contribution in [0.25, 0.3) is 0 Å². The van der Waals surface area contributed by atoms with E-state index in [4.69, 9.17) is 0 Å². The second-order valence-electron chi connectivity index (χ2n) is 4.77. The maximum absolute atomic E-state index is 12.5. The first-order valence-corrected chi connectivity index (χ1v) is 7.07. The van der Waals surface area contributed by atoms with Gasteiger partial charge in [-0.3, -0.25) is 4.79 Å². The highest BCUT2D eigenvalue weighted by atomic mass is 32.1. The van der Waals surface area contributed by atoms with Gasteiger partial charge in [-0.1, -0.05) is 12.1 Å². The number of benzene rings is 1. The Morgan fingerprint density at radius 2 is 1.76 bits per heavy atom. The summed E-state index contributed by atoms with van der Waals surface area (Å²) in [5, 5.41) is 0. The van der Waals surface area contributed by atoms with Gasteiger partial charge < -0.3 is 4.90 Å². The molecule has 1 aromatic heterocycles. The van der Waals surface area contributed by atoms with E-state index in [1.54, 1.807) is 13.1 Å². The molecule has 1 heterocycles. The summed E-state index contributed by atoms with van der Waals surface area (Å²) in [6.07, 6.45) is -4.34. The molecule has 0 atom stereocenters. The van der Waals surface area contributed by atoms with Crippen molar-refractivity contribution in [2.24, 2.45) is 0 Å². The molecule has 0 unspecified atom stereocenters. The highest BCUT2D eigenvalue weighted by Crippen LogP contribution is 2.29. The lowest BCUT2D eigenvalue weighted by atomic mass is 10.1. The van der Waals surface area contributed by atoms with Crippen LogP contribution in [0.3, 0.4) is 0 Å². The molecule has 2 rings (SSSR count). The normalized spacial score (nSPS) is 11.5. The average molecular weight is 313 g/mol.